The number of benzene rings is 2. The Balaban J connectivity index is 2.30. The number of nitrogens with two attached hydrogens (primary N) is 2. The van der Waals surface area contributed by atoms with Crippen LogP contribution in [0.1, 0.15) is 15.9 Å². The van der Waals surface area contributed by atoms with E-state index in [1.54, 1.807) is 18.2 Å². The van der Waals surface area contributed by atoms with Gasteiger partial charge in [-0.15, -0.1) is 0 Å². The lowest BCUT2D eigenvalue weighted by Crippen LogP contribution is -2.14. The smallest absolute Gasteiger partial charge is 0.252 e. The van der Waals surface area contributed by atoms with E-state index >= 15 is 0 Å². The Morgan fingerprint density at radius 3 is 2.60 bits per heavy atom. The van der Waals surface area contributed by atoms with E-state index in [1.807, 2.05) is 0 Å². The lowest BCUT2D eigenvalue weighted by molar-refractivity contribution is 0.0996. The highest BCUT2D eigenvalue weighted by Crippen LogP contribution is 2.28. The predicted molar refractivity (Wildman–Crippen MR) is 75.1 cm³/mol. The van der Waals surface area contributed by atoms with Crippen LogP contribution in [0.4, 0.5) is 10.1 Å². The quantitative estimate of drug-likeness (QED) is 0.851. The number of hydrogen-bond acceptors (Lipinski definition) is 3. The fourth-order valence-electron chi connectivity index (χ4n) is 1.72. The molecule has 0 atom stereocenters. The van der Waals surface area contributed by atoms with Gasteiger partial charge in [-0.25, -0.2) is 4.39 Å². The molecule has 4 N–H and O–H groups in total. The van der Waals surface area contributed by atoms with Crippen molar-refractivity contribution < 1.29 is 13.9 Å². The van der Waals surface area contributed by atoms with Crippen LogP contribution in [0, 0.1) is 5.82 Å². The standard InChI is InChI=1S/C14H12ClFN2O2/c15-10-4-2-5-11(16)9(10)7-20-13-8(14(18)19)3-1-6-12(13)17/h1-6H,7,17H2,(H2,18,19). The fourth-order valence-corrected chi connectivity index (χ4v) is 1.94. The van der Waals surface area contributed by atoms with Crippen LogP contribution in [0.5, 0.6) is 5.75 Å². The van der Waals surface area contributed by atoms with E-state index in [0.29, 0.717) is 0 Å². The second-order valence-electron chi connectivity index (χ2n) is 4.08. The number of halogens is 2. The molecule has 0 aliphatic rings. The number of rotatable bonds is 4. The van der Waals surface area contributed by atoms with Crippen LogP contribution < -0.4 is 16.2 Å². The minimum absolute atomic E-state index is 0.124. The van der Waals surface area contributed by atoms with Gasteiger partial charge in [0.25, 0.3) is 5.91 Å². The zero-order valence-corrected chi connectivity index (χ0v) is 11.2. The maximum atomic E-state index is 13.6. The second kappa shape index (κ2) is 5.79. The highest BCUT2D eigenvalue weighted by atomic mass is 35.5. The first-order valence-corrected chi connectivity index (χ1v) is 6.12. The van der Waals surface area contributed by atoms with E-state index < -0.39 is 11.7 Å². The Labute approximate surface area is 120 Å². The molecule has 0 fully saturated rings. The molecule has 0 heterocycles. The van der Waals surface area contributed by atoms with Crippen molar-refractivity contribution >= 4 is 23.2 Å². The molecule has 0 saturated heterocycles. The lowest BCUT2D eigenvalue weighted by Gasteiger charge is -2.13. The third kappa shape index (κ3) is 2.83. The molecule has 0 radical (unpaired) electrons. The fraction of sp³-hybridized carbons (Fsp3) is 0.0714. The molecule has 4 nitrogen and oxygen atoms in total. The predicted octanol–water partition coefficient (Wildman–Crippen LogP) is 2.74. The van der Waals surface area contributed by atoms with Crippen molar-refractivity contribution in [1.82, 2.24) is 0 Å². The summed E-state index contributed by atoms with van der Waals surface area (Å²) in [6.07, 6.45) is 0. The van der Waals surface area contributed by atoms with E-state index in [0.717, 1.165) is 0 Å². The first kappa shape index (κ1) is 14.1. The lowest BCUT2D eigenvalue weighted by atomic mass is 10.1. The van der Waals surface area contributed by atoms with Crippen LogP contribution in [0.3, 0.4) is 0 Å². The molecule has 0 spiro atoms. The van der Waals surface area contributed by atoms with E-state index in [1.165, 1.54) is 18.2 Å². The Bertz CT molecular complexity index is 641. The SMILES string of the molecule is NC(=O)c1cccc(N)c1OCc1c(F)cccc1Cl. The van der Waals surface area contributed by atoms with Gasteiger partial charge in [-0.2, -0.15) is 0 Å². The maximum Gasteiger partial charge on any atom is 0.252 e. The summed E-state index contributed by atoms with van der Waals surface area (Å²) in [6.45, 7) is -0.153. The zero-order chi connectivity index (χ0) is 14.7. The van der Waals surface area contributed by atoms with Crippen LogP contribution in [-0.2, 0) is 6.61 Å². The molecular formula is C14H12ClFN2O2. The number of ether oxygens (including phenoxy) is 1. The van der Waals surface area contributed by atoms with E-state index in [-0.39, 0.29) is 34.2 Å². The van der Waals surface area contributed by atoms with Crippen molar-refractivity contribution in [2.45, 2.75) is 6.61 Å². The summed E-state index contributed by atoms with van der Waals surface area (Å²) in [7, 11) is 0. The van der Waals surface area contributed by atoms with Gasteiger partial charge in [0.05, 0.1) is 16.3 Å². The molecule has 0 bridgehead atoms. The van der Waals surface area contributed by atoms with E-state index in [9.17, 15) is 9.18 Å². The average molecular weight is 295 g/mol. The molecule has 0 aliphatic heterocycles. The van der Waals surface area contributed by atoms with Crippen LogP contribution in [0.25, 0.3) is 0 Å². The number of carbonyl (C=O) groups excluding carboxylic acids is 1. The van der Waals surface area contributed by atoms with Crippen LogP contribution in [-0.4, -0.2) is 5.91 Å². The molecular weight excluding hydrogens is 283 g/mol. The minimum atomic E-state index is -0.674. The average Bonchev–Trinajstić information content (AvgIpc) is 2.39. The normalized spacial score (nSPS) is 10.3. The van der Waals surface area contributed by atoms with Crippen molar-refractivity contribution in [2.24, 2.45) is 5.73 Å². The van der Waals surface area contributed by atoms with E-state index in [2.05, 4.69) is 0 Å². The van der Waals surface area contributed by atoms with Crippen molar-refractivity contribution in [1.29, 1.82) is 0 Å². The molecule has 2 aromatic rings. The van der Waals surface area contributed by atoms with Crippen molar-refractivity contribution in [3.63, 3.8) is 0 Å². The minimum Gasteiger partial charge on any atom is -0.486 e. The third-order valence-electron chi connectivity index (χ3n) is 2.73. The topological polar surface area (TPSA) is 78.3 Å². The van der Waals surface area contributed by atoms with Crippen molar-refractivity contribution in [3.8, 4) is 5.75 Å². The molecule has 2 rings (SSSR count). The molecule has 2 aromatic carbocycles. The second-order valence-corrected chi connectivity index (χ2v) is 4.48. The monoisotopic (exact) mass is 294 g/mol. The number of para-hydroxylation sites is 1. The Morgan fingerprint density at radius 2 is 1.95 bits per heavy atom. The third-order valence-corrected chi connectivity index (χ3v) is 3.09. The van der Waals surface area contributed by atoms with Gasteiger partial charge in [-0.3, -0.25) is 4.79 Å². The summed E-state index contributed by atoms with van der Waals surface area (Å²) < 4.78 is 19.1. The molecule has 104 valence electrons. The van der Waals surface area contributed by atoms with Gasteiger partial charge in [-0.1, -0.05) is 23.7 Å². The number of carbonyl (C=O) groups is 1. The Morgan fingerprint density at radius 1 is 1.25 bits per heavy atom. The summed E-state index contributed by atoms with van der Waals surface area (Å²) in [4.78, 5) is 11.3. The Hall–Kier alpha value is -2.27. The highest BCUT2D eigenvalue weighted by molar-refractivity contribution is 6.31. The van der Waals surface area contributed by atoms with Gasteiger partial charge in [-0.05, 0) is 24.3 Å². The van der Waals surface area contributed by atoms with Gasteiger partial charge in [0.1, 0.15) is 12.4 Å². The van der Waals surface area contributed by atoms with Gasteiger partial charge in [0.2, 0.25) is 0 Å². The summed E-state index contributed by atoms with van der Waals surface area (Å²) in [5.41, 5.74) is 11.5. The van der Waals surface area contributed by atoms with Gasteiger partial charge in [0.15, 0.2) is 5.75 Å². The summed E-state index contributed by atoms with van der Waals surface area (Å²) in [6, 6.07) is 8.94. The molecule has 0 unspecified atom stereocenters. The van der Waals surface area contributed by atoms with Crippen LogP contribution in [0.15, 0.2) is 36.4 Å². The van der Waals surface area contributed by atoms with E-state index in [4.69, 9.17) is 27.8 Å². The first-order chi connectivity index (χ1) is 9.50. The maximum absolute atomic E-state index is 13.6. The summed E-state index contributed by atoms with van der Waals surface area (Å²) >= 11 is 5.89. The summed E-state index contributed by atoms with van der Waals surface area (Å²) in [5, 5.41) is 0.236. The van der Waals surface area contributed by atoms with Gasteiger partial charge < -0.3 is 16.2 Å². The number of primary amides is 1. The molecule has 1 amide bonds. The molecule has 0 aromatic heterocycles. The largest absolute Gasteiger partial charge is 0.486 e. The first-order valence-electron chi connectivity index (χ1n) is 5.74. The summed E-state index contributed by atoms with van der Waals surface area (Å²) in [5.74, 6) is -1.04. The van der Waals surface area contributed by atoms with Gasteiger partial charge >= 0.3 is 0 Å². The highest BCUT2D eigenvalue weighted by Gasteiger charge is 2.14. The zero-order valence-electron chi connectivity index (χ0n) is 10.4. The number of nitrogen functional groups attached to an aromatic ring is 1. The molecule has 0 saturated carbocycles. The van der Waals surface area contributed by atoms with Crippen molar-refractivity contribution in [2.75, 3.05) is 5.73 Å². The Kier molecular flexibility index (Phi) is 4.10. The number of amides is 1. The number of hydrogen-bond donors (Lipinski definition) is 2. The van der Waals surface area contributed by atoms with Gasteiger partial charge in [0, 0.05) is 5.56 Å². The molecule has 0 aliphatic carbocycles. The van der Waals surface area contributed by atoms with Crippen LogP contribution in [0.2, 0.25) is 5.02 Å². The van der Waals surface area contributed by atoms with Crippen LogP contribution >= 0.6 is 11.6 Å². The number of anilines is 1. The molecule has 20 heavy (non-hydrogen) atoms. The molecule has 6 heteroatoms. The van der Waals surface area contributed by atoms with Crippen molar-refractivity contribution in [3.05, 3.63) is 58.4 Å².